The molecule has 0 radical (unpaired) electrons. The van der Waals surface area contributed by atoms with Crippen LogP contribution in [-0.2, 0) is 0 Å². The van der Waals surface area contributed by atoms with Crippen LogP contribution in [0.5, 0.6) is 0 Å². The van der Waals surface area contributed by atoms with Crippen molar-refractivity contribution < 1.29 is 4.79 Å². The van der Waals surface area contributed by atoms with Gasteiger partial charge in [-0.3, -0.25) is 4.79 Å². The smallest absolute Gasteiger partial charge is 0.253 e. The van der Waals surface area contributed by atoms with Gasteiger partial charge in [0.15, 0.2) is 0 Å². The van der Waals surface area contributed by atoms with Crippen molar-refractivity contribution in [3.63, 3.8) is 0 Å². The Kier molecular flexibility index (Phi) is 5.19. The van der Waals surface area contributed by atoms with Crippen LogP contribution in [0.1, 0.15) is 46.7 Å². The number of carbonyl (C=O) groups excluding carboxylic acids is 1. The van der Waals surface area contributed by atoms with Crippen molar-refractivity contribution in [2.24, 2.45) is 5.41 Å². The number of nitriles is 1. The fraction of sp³-hybridized carbons (Fsp3) is 0.417. The second kappa shape index (κ2) is 7.77. The van der Waals surface area contributed by atoms with E-state index in [-0.39, 0.29) is 5.91 Å². The van der Waals surface area contributed by atoms with E-state index in [9.17, 15) is 4.79 Å². The molecular formula is C24H27N3O. The molecule has 144 valence electrons. The number of likely N-dealkylation sites (N-methyl/N-ethyl adjacent to an activating group) is 1. The van der Waals surface area contributed by atoms with E-state index < -0.39 is 0 Å². The molecule has 2 aromatic rings. The summed E-state index contributed by atoms with van der Waals surface area (Å²) in [5.74, 6) is 0.656. The van der Waals surface area contributed by atoms with Gasteiger partial charge in [0, 0.05) is 31.7 Å². The third-order valence-corrected chi connectivity index (χ3v) is 6.46. The molecule has 1 spiro atoms. The van der Waals surface area contributed by atoms with Gasteiger partial charge in [-0.05, 0) is 67.5 Å². The van der Waals surface area contributed by atoms with Gasteiger partial charge in [-0.25, -0.2) is 0 Å². The van der Waals surface area contributed by atoms with Crippen molar-refractivity contribution in [2.45, 2.75) is 25.2 Å². The van der Waals surface area contributed by atoms with Gasteiger partial charge in [-0.15, -0.1) is 0 Å². The zero-order valence-electron chi connectivity index (χ0n) is 16.5. The molecule has 1 amide bonds. The number of benzene rings is 2. The molecule has 0 saturated carbocycles. The number of hydrogen-bond donors (Lipinski definition) is 0. The highest BCUT2D eigenvalue weighted by Gasteiger charge is 2.42. The van der Waals surface area contributed by atoms with E-state index in [1.54, 1.807) is 24.3 Å². The maximum absolute atomic E-state index is 12.9. The molecule has 28 heavy (non-hydrogen) atoms. The van der Waals surface area contributed by atoms with Crippen molar-refractivity contribution in [3.8, 4) is 6.07 Å². The van der Waals surface area contributed by atoms with Crippen LogP contribution in [0.2, 0.25) is 0 Å². The number of rotatable bonds is 2. The Labute approximate surface area is 167 Å². The van der Waals surface area contributed by atoms with Crippen molar-refractivity contribution in [1.29, 1.82) is 5.26 Å². The summed E-state index contributed by atoms with van der Waals surface area (Å²) in [6.45, 7) is 3.86. The first-order chi connectivity index (χ1) is 13.6. The summed E-state index contributed by atoms with van der Waals surface area (Å²) in [4.78, 5) is 17.3. The SMILES string of the molecule is CN1CC(c2ccccc2)CC2(CCN(C(=O)c3ccc(C#N)cc3)CC2)C1. The third kappa shape index (κ3) is 3.81. The van der Waals surface area contributed by atoms with Crippen LogP contribution >= 0.6 is 0 Å². The van der Waals surface area contributed by atoms with Gasteiger partial charge in [-0.2, -0.15) is 5.26 Å². The van der Waals surface area contributed by atoms with E-state index in [1.807, 2.05) is 4.90 Å². The first-order valence-electron chi connectivity index (χ1n) is 10.1. The lowest BCUT2D eigenvalue weighted by Gasteiger charge is -2.49. The molecular weight excluding hydrogens is 346 g/mol. The second-order valence-electron chi connectivity index (χ2n) is 8.49. The summed E-state index contributed by atoms with van der Waals surface area (Å²) in [5, 5.41) is 8.93. The Morgan fingerprint density at radius 1 is 1.07 bits per heavy atom. The molecule has 2 aromatic carbocycles. The number of likely N-dealkylation sites (tertiary alicyclic amines) is 2. The number of amides is 1. The molecule has 1 atom stereocenters. The number of nitrogens with zero attached hydrogens (tertiary/aromatic N) is 3. The number of piperidine rings is 2. The highest BCUT2D eigenvalue weighted by atomic mass is 16.2. The molecule has 4 rings (SSSR count). The molecule has 0 aromatic heterocycles. The molecule has 0 bridgehead atoms. The van der Waals surface area contributed by atoms with Crippen LogP contribution < -0.4 is 0 Å². The van der Waals surface area contributed by atoms with Crippen LogP contribution in [-0.4, -0.2) is 48.9 Å². The second-order valence-corrected chi connectivity index (χ2v) is 8.49. The Balaban J connectivity index is 1.43. The minimum Gasteiger partial charge on any atom is -0.339 e. The standard InChI is InChI=1S/C24H27N3O/c1-26-17-22(20-5-3-2-4-6-20)15-24(18-26)11-13-27(14-12-24)23(28)21-9-7-19(16-25)8-10-21/h2-10,22H,11-15,17-18H2,1H3. The van der Waals surface area contributed by atoms with E-state index in [0.29, 0.717) is 22.5 Å². The molecule has 0 aliphatic carbocycles. The lowest BCUT2D eigenvalue weighted by Crippen LogP contribution is -2.51. The van der Waals surface area contributed by atoms with Crippen molar-refractivity contribution >= 4 is 5.91 Å². The predicted molar refractivity (Wildman–Crippen MR) is 110 cm³/mol. The minimum atomic E-state index is 0.0862. The maximum atomic E-state index is 12.9. The predicted octanol–water partition coefficient (Wildman–Crippen LogP) is 3.90. The summed E-state index contributed by atoms with van der Waals surface area (Å²) < 4.78 is 0. The van der Waals surface area contributed by atoms with Gasteiger partial charge in [0.1, 0.15) is 0 Å². The molecule has 2 fully saturated rings. The topological polar surface area (TPSA) is 47.3 Å². The molecule has 0 N–H and O–H groups in total. The normalized spacial score (nSPS) is 22.0. The van der Waals surface area contributed by atoms with E-state index in [2.05, 4.69) is 48.3 Å². The first-order valence-corrected chi connectivity index (χ1v) is 10.1. The number of carbonyl (C=O) groups is 1. The monoisotopic (exact) mass is 373 g/mol. The Morgan fingerprint density at radius 2 is 1.75 bits per heavy atom. The van der Waals surface area contributed by atoms with E-state index in [0.717, 1.165) is 39.0 Å². The van der Waals surface area contributed by atoms with Crippen molar-refractivity contribution in [1.82, 2.24) is 9.80 Å². The quantitative estimate of drug-likeness (QED) is 0.802. The summed E-state index contributed by atoms with van der Waals surface area (Å²) in [5.41, 5.74) is 3.00. The van der Waals surface area contributed by atoms with Crippen LogP contribution in [0.25, 0.3) is 0 Å². The Bertz CT molecular complexity index is 861. The summed E-state index contributed by atoms with van der Waals surface area (Å²) in [7, 11) is 2.23. The molecule has 4 heteroatoms. The Morgan fingerprint density at radius 3 is 2.39 bits per heavy atom. The van der Waals surface area contributed by atoms with Gasteiger partial charge in [0.25, 0.3) is 5.91 Å². The molecule has 2 heterocycles. The highest BCUT2D eigenvalue weighted by Crippen LogP contribution is 2.44. The zero-order valence-corrected chi connectivity index (χ0v) is 16.5. The maximum Gasteiger partial charge on any atom is 0.253 e. The highest BCUT2D eigenvalue weighted by molar-refractivity contribution is 5.94. The van der Waals surface area contributed by atoms with Gasteiger partial charge in [0.05, 0.1) is 11.6 Å². The molecule has 4 nitrogen and oxygen atoms in total. The van der Waals surface area contributed by atoms with Crippen molar-refractivity contribution in [2.75, 3.05) is 33.2 Å². The Hall–Kier alpha value is -2.64. The van der Waals surface area contributed by atoms with Gasteiger partial charge >= 0.3 is 0 Å². The first kappa shape index (κ1) is 18.7. The summed E-state index contributed by atoms with van der Waals surface area (Å²) in [6, 6.07) is 19.9. The van der Waals surface area contributed by atoms with Crippen LogP contribution in [0.4, 0.5) is 0 Å². The summed E-state index contributed by atoms with van der Waals surface area (Å²) >= 11 is 0. The third-order valence-electron chi connectivity index (χ3n) is 6.46. The van der Waals surface area contributed by atoms with Gasteiger partial charge in [0.2, 0.25) is 0 Å². The van der Waals surface area contributed by atoms with Crippen LogP contribution in [0, 0.1) is 16.7 Å². The molecule has 1 unspecified atom stereocenters. The average molecular weight is 374 g/mol. The number of hydrogen-bond acceptors (Lipinski definition) is 3. The summed E-state index contributed by atoms with van der Waals surface area (Å²) in [6.07, 6.45) is 3.33. The van der Waals surface area contributed by atoms with Crippen LogP contribution in [0.3, 0.4) is 0 Å². The lowest BCUT2D eigenvalue weighted by atomic mass is 9.68. The average Bonchev–Trinajstić information content (AvgIpc) is 2.74. The van der Waals surface area contributed by atoms with E-state index in [4.69, 9.17) is 5.26 Å². The van der Waals surface area contributed by atoms with Gasteiger partial charge in [-0.1, -0.05) is 30.3 Å². The minimum absolute atomic E-state index is 0.0862. The fourth-order valence-corrected chi connectivity index (χ4v) is 5.03. The zero-order chi connectivity index (χ0) is 19.6. The molecule has 2 aliphatic heterocycles. The van der Waals surface area contributed by atoms with E-state index in [1.165, 1.54) is 12.0 Å². The largest absolute Gasteiger partial charge is 0.339 e. The lowest BCUT2D eigenvalue weighted by molar-refractivity contribution is 0.0224. The fourth-order valence-electron chi connectivity index (χ4n) is 5.03. The molecule has 2 aliphatic rings. The van der Waals surface area contributed by atoms with Crippen LogP contribution in [0.15, 0.2) is 54.6 Å². The molecule has 2 saturated heterocycles. The van der Waals surface area contributed by atoms with Crippen molar-refractivity contribution in [3.05, 3.63) is 71.3 Å². The van der Waals surface area contributed by atoms with E-state index >= 15 is 0 Å². The van der Waals surface area contributed by atoms with Gasteiger partial charge < -0.3 is 9.80 Å².